The molecule has 0 aromatic carbocycles. The van der Waals surface area contributed by atoms with E-state index in [2.05, 4.69) is 24.8 Å². The average Bonchev–Trinajstić information content (AvgIpc) is 3.17. The highest BCUT2D eigenvalue weighted by Crippen LogP contribution is 2.41. The van der Waals surface area contributed by atoms with Gasteiger partial charge in [0.1, 0.15) is 11.6 Å². The Kier molecular flexibility index (Phi) is 6.05. The number of aliphatic hydroxyl groups is 1. The molecule has 0 unspecified atom stereocenters. The summed E-state index contributed by atoms with van der Waals surface area (Å²) >= 11 is 5.95. The van der Waals surface area contributed by atoms with Gasteiger partial charge in [0.25, 0.3) is 0 Å². The summed E-state index contributed by atoms with van der Waals surface area (Å²) in [4.78, 5) is 16.9. The van der Waals surface area contributed by atoms with E-state index in [9.17, 15) is 9.32 Å². The van der Waals surface area contributed by atoms with Crippen molar-refractivity contribution in [2.45, 2.75) is 48.5 Å². The second kappa shape index (κ2) is 8.85. The smallest absolute Gasteiger partial charge is 0.155 e. The lowest BCUT2D eigenvalue weighted by Gasteiger charge is -2.42. The van der Waals surface area contributed by atoms with E-state index in [1.165, 1.54) is 0 Å². The molecular weight excluding hydrogens is 460 g/mol. The average molecular weight is 489 g/mol. The number of hydrogen-bond acceptors (Lipinski definition) is 7. The maximum Gasteiger partial charge on any atom is 0.155 e. The third-order valence-corrected chi connectivity index (χ3v) is 8.23. The van der Waals surface area contributed by atoms with Gasteiger partial charge in [0.15, 0.2) is 5.82 Å². The first-order chi connectivity index (χ1) is 15.9. The second-order valence-corrected chi connectivity index (χ2v) is 10.9. The zero-order valence-corrected chi connectivity index (χ0v) is 20.5. The van der Waals surface area contributed by atoms with Crippen molar-refractivity contribution >= 4 is 44.9 Å². The van der Waals surface area contributed by atoms with E-state index in [1.54, 1.807) is 18.6 Å². The van der Waals surface area contributed by atoms with Crippen molar-refractivity contribution in [3.63, 3.8) is 0 Å². The molecule has 1 saturated carbocycles. The maximum atomic E-state index is 12.8. The third kappa shape index (κ3) is 4.11. The third-order valence-electron chi connectivity index (χ3n) is 7.05. The zero-order valence-electron chi connectivity index (χ0n) is 18.9. The zero-order chi connectivity index (χ0) is 23.2. The lowest BCUT2D eigenvalue weighted by Crippen LogP contribution is -2.48. The molecule has 1 aliphatic heterocycles. The highest BCUT2D eigenvalue weighted by atomic mass is 35.5. The van der Waals surface area contributed by atoms with Crippen LogP contribution >= 0.6 is 11.6 Å². The van der Waals surface area contributed by atoms with E-state index in [-0.39, 0.29) is 18.1 Å². The van der Waals surface area contributed by atoms with Gasteiger partial charge in [0, 0.05) is 56.3 Å². The molecule has 2 fully saturated rings. The van der Waals surface area contributed by atoms with Crippen molar-refractivity contribution in [3.05, 3.63) is 35.5 Å². The minimum absolute atomic E-state index is 0.0408. The predicted octanol–water partition coefficient (Wildman–Crippen LogP) is 3.47. The largest absolute Gasteiger partial charge is 0.394 e. The van der Waals surface area contributed by atoms with E-state index < -0.39 is 10.8 Å². The first-order valence-corrected chi connectivity index (χ1v) is 13.3. The van der Waals surface area contributed by atoms with Crippen LogP contribution in [0.25, 0.3) is 10.9 Å². The van der Waals surface area contributed by atoms with E-state index in [0.717, 1.165) is 67.7 Å². The predicted molar refractivity (Wildman–Crippen MR) is 132 cm³/mol. The molecule has 2 N–H and O–H groups in total. The summed E-state index contributed by atoms with van der Waals surface area (Å²) < 4.78 is 14.9. The van der Waals surface area contributed by atoms with Crippen LogP contribution in [0.2, 0.25) is 5.02 Å². The van der Waals surface area contributed by atoms with Gasteiger partial charge in [0.05, 0.1) is 38.4 Å². The number of nitrogens with one attached hydrogen (secondary N) is 1. The molecule has 0 bridgehead atoms. The molecule has 5 rings (SSSR count). The number of piperidine rings is 1. The van der Waals surface area contributed by atoms with Crippen LogP contribution < -0.4 is 10.2 Å². The highest BCUT2D eigenvalue weighted by molar-refractivity contribution is 7.84. The molecule has 3 aromatic rings. The molecule has 3 aromatic heterocycles. The molecule has 0 amide bonds. The summed E-state index contributed by atoms with van der Waals surface area (Å²) in [6, 6.07) is 2.02. The number of hydrogen-bond donors (Lipinski definition) is 2. The lowest BCUT2D eigenvalue weighted by molar-refractivity contribution is 0.143. The maximum absolute atomic E-state index is 12.8. The number of aromatic nitrogens is 4. The molecule has 1 atom stereocenters. The Morgan fingerprint density at radius 2 is 1.97 bits per heavy atom. The van der Waals surface area contributed by atoms with Crippen molar-refractivity contribution in [1.29, 1.82) is 0 Å². The molecular formula is C23H29ClN6O2S. The van der Waals surface area contributed by atoms with Crippen LogP contribution in [0.15, 0.2) is 29.6 Å². The van der Waals surface area contributed by atoms with Crippen LogP contribution in [0, 0.1) is 0 Å². The minimum Gasteiger partial charge on any atom is -0.394 e. The van der Waals surface area contributed by atoms with Crippen molar-refractivity contribution in [3.8, 4) is 0 Å². The van der Waals surface area contributed by atoms with Gasteiger partial charge in [-0.1, -0.05) is 11.6 Å². The van der Waals surface area contributed by atoms with E-state index in [0.29, 0.717) is 15.7 Å². The first-order valence-electron chi connectivity index (χ1n) is 11.3. The summed E-state index contributed by atoms with van der Waals surface area (Å²) in [5, 5.41) is 15.0. The van der Waals surface area contributed by atoms with Crippen molar-refractivity contribution in [1.82, 2.24) is 19.5 Å². The number of pyridine rings is 1. The number of nitrogens with zero attached hydrogens (tertiary/aromatic N) is 5. The molecule has 176 valence electrons. The Bertz CT molecular complexity index is 1180. The fraction of sp³-hybridized carbons (Fsp3) is 0.522. The molecule has 1 aliphatic carbocycles. The van der Waals surface area contributed by atoms with E-state index >= 15 is 0 Å². The minimum atomic E-state index is -1.23. The first kappa shape index (κ1) is 22.6. The molecule has 33 heavy (non-hydrogen) atoms. The Morgan fingerprint density at radius 1 is 1.27 bits per heavy atom. The Balaban J connectivity index is 1.50. The summed E-state index contributed by atoms with van der Waals surface area (Å²) in [6.07, 6.45) is 11.7. The van der Waals surface area contributed by atoms with Gasteiger partial charge < -0.3 is 19.9 Å². The van der Waals surface area contributed by atoms with Gasteiger partial charge in [-0.15, -0.1) is 0 Å². The van der Waals surface area contributed by atoms with Crippen molar-refractivity contribution < 1.29 is 9.32 Å². The van der Waals surface area contributed by atoms with Crippen LogP contribution in [-0.2, 0) is 17.8 Å². The molecule has 0 spiro atoms. The van der Waals surface area contributed by atoms with Gasteiger partial charge in [0.2, 0.25) is 0 Å². The SMILES string of the molecule is Cn1ccc2c([S@](C)=O)c(NC3(CO)CCC3)nc(N3CCC(c4ncc(Cl)cn4)CC3)c21. The van der Waals surface area contributed by atoms with Gasteiger partial charge in [-0.3, -0.25) is 4.21 Å². The van der Waals surface area contributed by atoms with Crippen LogP contribution in [0.3, 0.4) is 0 Å². The lowest BCUT2D eigenvalue weighted by atomic mass is 9.77. The molecule has 0 radical (unpaired) electrons. The Hall–Kier alpha value is -2.23. The van der Waals surface area contributed by atoms with Gasteiger partial charge in [-0.25, -0.2) is 15.0 Å². The molecule has 10 heteroatoms. The van der Waals surface area contributed by atoms with Crippen molar-refractivity contribution in [2.75, 3.05) is 36.2 Å². The fourth-order valence-electron chi connectivity index (χ4n) is 4.98. The summed E-state index contributed by atoms with van der Waals surface area (Å²) in [5.41, 5.74) is 0.610. The van der Waals surface area contributed by atoms with E-state index in [1.807, 2.05) is 19.3 Å². The van der Waals surface area contributed by atoms with Crippen LogP contribution in [0.5, 0.6) is 0 Å². The van der Waals surface area contributed by atoms with Gasteiger partial charge >= 0.3 is 0 Å². The molecule has 1 saturated heterocycles. The van der Waals surface area contributed by atoms with E-state index in [4.69, 9.17) is 16.6 Å². The highest BCUT2D eigenvalue weighted by Gasteiger charge is 2.38. The molecule has 4 heterocycles. The standard InChI is InChI=1S/C23H29ClN6O2S/c1-29-9-6-17-18(29)22(27-21(19(17)33(2)32)28-23(14-31)7-3-8-23)30-10-4-15(5-11-30)20-25-12-16(24)13-26-20/h6,9,12-13,15,31H,3-5,7-8,10-11,14H2,1-2H3,(H,27,28)/t33-/m0/s1. The number of aryl methyl sites for hydroxylation is 1. The van der Waals surface area contributed by atoms with Gasteiger partial charge in [-0.05, 0) is 38.2 Å². The Labute approximate surface area is 200 Å². The quantitative estimate of drug-likeness (QED) is 0.548. The number of aliphatic hydroxyl groups excluding tert-OH is 1. The number of halogens is 1. The summed E-state index contributed by atoms with van der Waals surface area (Å²) in [7, 11) is 0.770. The molecule has 8 nitrogen and oxygen atoms in total. The van der Waals surface area contributed by atoms with Gasteiger partial charge in [-0.2, -0.15) is 0 Å². The summed E-state index contributed by atoms with van der Waals surface area (Å²) in [6.45, 7) is 1.69. The topological polar surface area (TPSA) is 96.2 Å². The second-order valence-electron chi connectivity index (χ2n) is 9.19. The van der Waals surface area contributed by atoms with Crippen LogP contribution in [0.1, 0.15) is 43.8 Å². The number of fused-ring (bicyclic) bond motifs is 1. The molecule has 2 aliphatic rings. The van der Waals surface area contributed by atoms with Crippen LogP contribution in [-0.4, -0.2) is 60.3 Å². The summed E-state index contributed by atoms with van der Waals surface area (Å²) in [5.74, 6) is 2.64. The fourth-order valence-corrected chi connectivity index (χ4v) is 5.93. The normalized spacial score (nSPS) is 19.5. The van der Waals surface area contributed by atoms with Crippen LogP contribution in [0.4, 0.5) is 11.6 Å². The number of rotatable bonds is 6. The monoisotopic (exact) mass is 488 g/mol. The Morgan fingerprint density at radius 3 is 2.55 bits per heavy atom. The van der Waals surface area contributed by atoms with Crippen molar-refractivity contribution in [2.24, 2.45) is 7.05 Å². The number of anilines is 2.